The number of nitrogens with zero attached hydrogens (tertiary/aromatic N) is 1. The lowest BCUT2D eigenvalue weighted by Crippen LogP contribution is -2.24. The summed E-state index contributed by atoms with van der Waals surface area (Å²) in [6.45, 7) is 0.305. The van der Waals surface area contributed by atoms with Gasteiger partial charge in [-0.25, -0.2) is 0 Å². The van der Waals surface area contributed by atoms with E-state index in [-0.39, 0.29) is 5.91 Å². The van der Waals surface area contributed by atoms with Gasteiger partial charge in [0.05, 0.1) is 26.3 Å². The first-order valence-corrected chi connectivity index (χ1v) is 7.13. The summed E-state index contributed by atoms with van der Waals surface area (Å²) in [5, 5.41) is 6.72. The molecule has 3 rings (SSSR count). The van der Waals surface area contributed by atoms with Crippen molar-refractivity contribution in [2.24, 2.45) is 0 Å². The van der Waals surface area contributed by atoms with Gasteiger partial charge in [0, 0.05) is 6.07 Å². The Morgan fingerprint density at radius 2 is 2.04 bits per heavy atom. The lowest BCUT2D eigenvalue weighted by Gasteiger charge is -2.04. The van der Waals surface area contributed by atoms with Crippen LogP contribution in [0.25, 0.3) is 11.5 Å². The average molecular weight is 312 g/mol. The third kappa shape index (κ3) is 3.79. The van der Waals surface area contributed by atoms with Gasteiger partial charge in [0.2, 0.25) is 11.7 Å². The van der Waals surface area contributed by atoms with Crippen LogP contribution in [-0.2, 0) is 17.8 Å². The fourth-order valence-corrected chi connectivity index (χ4v) is 2.11. The van der Waals surface area contributed by atoms with Gasteiger partial charge in [-0.05, 0) is 29.8 Å². The number of amides is 1. The standard InChI is InChI=1S/C17H16N2O4/c1-21-14-6-4-12(5-7-14)9-17(20)18-11-13-10-16(23-19-13)15-3-2-8-22-15/h2-8,10H,9,11H2,1H3,(H,18,20). The second-order valence-electron chi connectivity index (χ2n) is 4.96. The van der Waals surface area contributed by atoms with Crippen molar-refractivity contribution in [1.29, 1.82) is 0 Å². The van der Waals surface area contributed by atoms with E-state index in [4.69, 9.17) is 13.7 Å². The van der Waals surface area contributed by atoms with Gasteiger partial charge < -0.3 is 19.0 Å². The van der Waals surface area contributed by atoms with E-state index >= 15 is 0 Å². The van der Waals surface area contributed by atoms with E-state index in [9.17, 15) is 4.79 Å². The Morgan fingerprint density at radius 3 is 2.74 bits per heavy atom. The molecule has 0 fully saturated rings. The predicted molar refractivity (Wildman–Crippen MR) is 82.7 cm³/mol. The highest BCUT2D eigenvalue weighted by atomic mass is 16.5. The number of hydrogen-bond acceptors (Lipinski definition) is 5. The molecule has 118 valence electrons. The molecule has 0 spiro atoms. The lowest BCUT2D eigenvalue weighted by molar-refractivity contribution is -0.120. The van der Waals surface area contributed by atoms with Crippen molar-refractivity contribution in [3.63, 3.8) is 0 Å². The number of carbonyl (C=O) groups excluding carboxylic acids is 1. The molecule has 2 heterocycles. The van der Waals surface area contributed by atoms with E-state index in [0.717, 1.165) is 11.3 Å². The molecule has 6 nitrogen and oxygen atoms in total. The molecule has 2 aromatic heterocycles. The second-order valence-corrected chi connectivity index (χ2v) is 4.96. The molecule has 6 heteroatoms. The summed E-state index contributed by atoms with van der Waals surface area (Å²) < 4.78 is 15.5. The van der Waals surface area contributed by atoms with E-state index in [2.05, 4.69) is 10.5 Å². The molecule has 0 bridgehead atoms. The maximum Gasteiger partial charge on any atom is 0.224 e. The zero-order valence-corrected chi connectivity index (χ0v) is 12.6. The van der Waals surface area contributed by atoms with Gasteiger partial charge >= 0.3 is 0 Å². The molecule has 1 aromatic carbocycles. The molecule has 0 radical (unpaired) electrons. The molecule has 0 saturated heterocycles. The number of aromatic nitrogens is 1. The van der Waals surface area contributed by atoms with E-state index in [1.54, 1.807) is 31.6 Å². The van der Waals surface area contributed by atoms with Crippen LogP contribution in [0.2, 0.25) is 0 Å². The van der Waals surface area contributed by atoms with Crippen LogP contribution < -0.4 is 10.1 Å². The van der Waals surface area contributed by atoms with Crippen LogP contribution in [0.1, 0.15) is 11.3 Å². The van der Waals surface area contributed by atoms with Crippen LogP contribution in [0.5, 0.6) is 5.75 Å². The topological polar surface area (TPSA) is 77.5 Å². The monoisotopic (exact) mass is 312 g/mol. The summed E-state index contributed by atoms with van der Waals surface area (Å²) in [7, 11) is 1.61. The summed E-state index contributed by atoms with van der Waals surface area (Å²) in [5.41, 5.74) is 1.55. The van der Waals surface area contributed by atoms with Gasteiger partial charge in [0.1, 0.15) is 11.4 Å². The van der Waals surface area contributed by atoms with E-state index in [0.29, 0.717) is 30.2 Å². The minimum atomic E-state index is -0.0854. The lowest BCUT2D eigenvalue weighted by atomic mass is 10.1. The van der Waals surface area contributed by atoms with Crippen LogP contribution in [0, 0.1) is 0 Å². The number of benzene rings is 1. The number of hydrogen-bond donors (Lipinski definition) is 1. The Balaban J connectivity index is 1.52. The van der Waals surface area contributed by atoms with Crippen molar-refractivity contribution in [1.82, 2.24) is 10.5 Å². The third-order valence-electron chi connectivity index (χ3n) is 3.31. The van der Waals surface area contributed by atoms with E-state index in [1.807, 2.05) is 24.3 Å². The highest BCUT2D eigenvalue weighted by molar-refractivity contribution is 5.78. The first-order chi connectivity index (χ1) is 11.2. The van der Waals surface area contributed by atoms with Gasteiger partial charge in [-0.15, -0.1) is 0 Å². The molecule has 3 aromatic rings. The molecule has 0 saturated carbocycles. The van der Waals surface area contributed by atoms with Crippen molar-refractivity contribution in [2.75, 3.05) is 7.11 Å². The Labute approximate surface area is 133 Å². The molecule has 23 heavy (non-hydrogen) atoms. The number of carbonyl (C=O) groups is 1. The highest BCUT2D eigenvalue weighted by Gasteiger charge is 2.10. The maximum atomic E-state index is 12.0. The number of nitrogens with one attached hydrogen (secondary N) is 1. The van der Waals surface area contributed by atoms with Crippen molar-refractivity contribution >= 4 is 5.91 Å². The fourth-order valence-electron chi connectivity index (χ4n) is 2.11. The molecule has 0 aliphatic rings. The summed E-state index contributed by atoms with van der Waals surface area (Å²) in [5.74, 6) is 1.82. The maximum absolute atomic E-state index is 12.0. The van der Waals surface area contributed by atoms with Crippen LogP contribution >= 0.6 is 0 Å². The van der Waals surface area contributed by atoms with E-state index in [1.165, 1.54) is 0 Å². The van der Waals surface area contributed by atoms with Gasteiger partial charge in [-0.1, -0.05) is 17.3 Å². The molecule has 1 N–H and O–H groups in total. The number of furan rings is 1. The van der Waals surface area contributed by atoms with Crippen molar-refractivity contribution in [2.45, 2.75) is 13.0 Å². The Hall–Kier alpha value is -3.02. The summed E-state index contributed by atoms with van der Waals surface area (Å²) in [6.07, 6.45) is 1.86. The van der Waals surface area contributed by atoms with E-state index < -0.39 is 0 Å². The smallest absolute Gasteiger partial charge is 0.224 e. The Bertz CT molecular complexity index is 760. The molecule has 0 unspecified atom stereocenters. The van der Waals surface area contributed by atoms with Gasteiger partial charge in [0.15, 0.2) is 5.76 Å². The fraction of sp³-hybridized carbons (Fsp3) is 0.176. The zero-order valence-electron chi connectivity index (χ0n) is 12.6. The number of ether oxygens (including phenoxy) is 1. The molecular weight excluding hydrogens is 296 g/mol. The normalized spacial score (nSPS) is 10.5. The van der Waals surface area contributed by atoms with Crippen LogP contribution in [-0.4, -0.2) is 18.2 Å². The number of methoxy groups -OCH3 is 1. The summed E-state index contributed by atoms with van der Waals surface area (Å²) in [6, 6.07) is 12.7. The third-order valence-corrected chi connectivity index (χ3v) is 3.31. The minimum Gasteiger partial charge on any atom is -0.497 e. The average Bonchev–Trinajstić information content (AvgIpc) is 3.25. The SMILES string of the molecule is COc1ccc(CC(=O)NCc2cc(-c3ccco3)on2)cc1. The minimum absolute atomic E-state index is 0.0854. The largest absolute Gasteiger partial charge is 0.497 e. The first kappa shape index (κ1) is 14.9. The zero-order chi connectivity index (χ0) is 16.1. The predicted octanol–water partition coefficient (Wildman–Crippen LogP) is 2.80. The quantitative estimate of drug-likeness (QED) is 0.757. The molecular formula is C17H16N2O4. The molecule has 0 atom stereocenters. The van der Waals surface area contributed by atoms with Crippen molar-refractivity contribution in [3.05, 3.63) is 60.0 Å². The van der Waals surface area contributed by atoms with Crippen LogP contribution in [0.15, 0.2) is 57.7 Å². The van der Waals surface area contributed by atoms with Crippen molar-refractivity contribution < 1.29 is 18.5 Å². The first-order valence-electron chi connectivity index (χ1n) is 7.13. The highest BCUT2D eigenvalue weighted by Crippen LogP contribution is 2.20. The van der Waals surface area contributed by atoms with Gasteiger partial charge in [-0.3, -0.25) is 4.79 Å². The second kappa shape index (κ2) is 6.83. The van der Waals surface area contributed by atoms with Crippen LogP contribution in [0.4, 0.5) is 0 Å². The van der Waals surface area contributed by atoms with Crippen LogP contribution in [0.3, 0.4) is 0 Å². The molecule has 0 aliphatic carbocycles. The Kier molecular flexibility index (Phi) is 4.42. The Morgan fingerprint density at radius 1 is 1.22 bits per heavy atom. The van der Waals surface area contributed by atoms with Gasteiger partial charge in [0.25, 0.3) is 0 Å². The van der Waals surface area contributed by atoms with Gasteiger partial charge in [-0.2, -0.15) is 0 Å². The van der Waals surface area contributed by atoms with Crippen molar-refractivity contribution in [3.8, 4) is 17.3 Å². The summed E-state index contributed by atoms with van der Waals surface area (Å²) >= 11 is 0. The number of rotatable bonds is 6. The summed E-state index contributed by atoms with van der Waals surface area (Å²) in [4.78, 5) is 12.0. The molecule has 1 amide bonds. The molecule has 0 aliphatic heterocycles.